The molecule has 0 spiro atoms. The third kappa shape index (κ3) is 5.40. The van der Waals surface area contributed by atoms with Crippen LogP contribution in [0.25, 0.3) is 0 Å². The Bertz CT molecular complexity index is 1140. The van der Waals surface area contributed by atoms with E-state index in [4.69, 9.17) is 23.4 Å². The van der Waals surface area contributed by atoms with Gasteiger partial charge in [0.15, 0.2) is 11.9 Å². The fourth-order valence-corrected chi connectivity index (χ4v) is 6.92. The summed E-state index contributed by atoms with van der Waals surface area (Å²) in [6.45, 7) is 8.31. The van der Waals surface area contributed by atoms with E-state index in [1.54, 1.807) is 26.8 Å². The predicted molar refractivity (Wildman–Crippen MR) is 134 cm³/mol. The van der Waals surface area contributed by atoms with E-state index in [2.05, 4.69) is 5.32 Å². The minimum absolute atomic E-state index is 0.0486. The van der Waals surface area contributed by atoms with Crippen LogP contribution in [0.1, 0.15) is 72.0 Å². The Hall–Kier alpha value is -3.37. The molecular formula is C28H37NO10. The number of methoxy groups -OCH3 is 1. The summed E-state index contributed by atoms with van der Waals surface area (Å²) in [5.74, 6) is -4.20. The number of Topliss-reactive ketones (excluding diaryl/α,β-unsaturated/α-hetero) is 1. The molecule has 1 aromatic heterocycles. The van der Waals surface area contributed by atoms with Crippen LogP contribution in [-0.4, -0.2) is 55.1 Å². The highest BCUT2D eigenvalue weighted by atomic mass is 16.6. The number of hydrogen-bond donors (Lipinski definition) is 1. The lowest BCUT2D eigenvalue weighted by atomic mass is 9.43. The topological polar surface area (TPSA) is 147 Å². The standard InChI is InChI=1S/C28H37NO10/c1-26(2,3)39-25(34)29-13-20(30)37-18-11-17(23(32)35-6)27(4)9-7-16-24(33)38-19(15-8-10-36-14-15)12-28(16,5)22(27)21(18)31/h8,10,14,16-19,22H,7,9,11-13H2,1-6H3,(H,29,34)/t16-,17-,18-,19-,22-,27-,28-/m0/s1. The van der Waals surface area contributed by atoms with Crippen LogP contribution in [0.15, 0.2) is 23.0 Å². The minimum atomic E-state index is -1.25. The molecule has 1 saturated heterocycles. The number of esters is 3. The number of cyclic esters (lactones) is 1. The lowest BCUT2D eigenvalue weighted by Gasteiger charge is -2.61. The lowest BCUT2D eigenvalue weighted by molar-refractivity contribution is -0.210. The fourth-order valence-electron chi connectivity index (χ4n) is 6.92. The van der Waals surface area contributed by atoms with Gasteiger partial charge < -0.3 is 28.7 Å². The van der Waals surface area contributed by atoms with Crippen molar-refractivity contribution >= 4 is 29.8 Å². The molecule has 1 aliphatic heterocycles. The van der Waals surface area contributed by atoms with E-state index in [1.165, 1.54) is 19.6 Å². The van der Waals surface area contributed by atoms with Gasteiger partial charge in [-0.15, -0.1) is 0 Å². The summed E-state index contributed by atoms with van der Waals surface area (Å²) >= 11 is 0. The zero-order valence-corrected chi connectivity index (χ0v) is 23.2. The van der Waals surface area contributed by atoms with Crippen LogP contribution in [0.4, 0.5) is 4.79 Å². The number of furan rings is 1. The van der Waals surface area contributed by atoms with Gasteiger partial charge in [0.2, 0.25) is 0 Å². The molecule has 2 saturated carbocycles. The highest BCUT2D eigenvalue weighted by Crippen LogP contribution is 2.65. The first-order valence-electron chi connectivity index (χ1n) is 13.2. The monoisotopic (exact) mass is 547 g/mol. The number of ketones is 1. The molecule has 2 aliphatic carbocycles. The first-order valence-corrected chi connectivity index (χ1v) is 13.2. The Balaban J connectivity index is 1.61. The van der Waals surface area contributed by atoms with Gasteiger partial charge in [-0.2, -0.15) is 0 Å². The van der Waals surface area contributed by atoms with E-state index < -0.39 is 76.9 Å². The first kappa shape index (κ1) is 28.6. The van der Waals surface area contributed by atoms with Crippen LogP contribution in [0.2, 0.25) is 0 Å². The van der Waals surface area contributed by atoms with E-state index in [9.17, 15) is 24.0 Å². The molecule has 7 atom stereocenters. The fraction of sp³-hybridized carbons (Fsp3) is 0.679. The molecule has 214 valence electrons. The predicted octanol–water partition coefficient (Wildman–Crippen LogP) is 3.50. The zero-order chi connectivity index (χ0) is 28.8. The summed E-state index contributed by atoms with van der Waals surface area (Å²) in [6, 6.07) is 1.71. The van der Waals surface area contributed by atoms with E-state index in [1.807, 2.05) is 13.8 Å². The van der Waals surface area contributed by atoms with Crippen molar-refractivity contribution in [2.24, 2.45) is 28.6 Å². The second-order valence-corrected chi connectivity index (χ2v) is 12.3. The maximum atomic E-state index is 14.1. The maximum absolute atomic E-state index is 14.1. The van der Waals surface area contributed by atoms with Gasteiger partial charge in [-0.3, -0.25) is 19.2 Å². The lowest BCUT2D eigenvalue weighted by Crippen LogP contribution is -2.65. The second kappa shape index (κ2) is 10.3. The molecule has 11 nitrogen and oxygen atoms in total. The minimum Gasteiger partial charge on any atom is -0.472 e. The number of rotatable bonds is 5. The van der Waals surface area contributed by atoms with Crippen LogP contribution in [0.3, 0.4) is 0 Å². The van der Waals surface area contributed by atoms with Gasteiger partial charge in [0.05, 0.1) is 31.5 Å². The second-order valence-electron chi connectivity index (χ2n) is 12.3. The van der Waals surface area contributed by atoms with Gasteiger partial charge in [-0.1, -0.05) is 13.8 Å². The molecule has 0 bridgehead atoms. The summed E-state index contributed by atoms with van der Waals surface area (Å²) < 4.78 is 26.8. The van der Waals surface area contributed by atoms with Gasteiger partial charge in [0.25, 0.3) is 0 Å². The van der Waals surface area contributed by atoms with E-state index >= 15 is 0 Å². The number of carbonyl (C=O) groups excluding carboxylic acids is 5. The average Bonchev–Trinajstić information content (AvgIpc) is 3.37. The van der Waals surface area contributed by atoms with Crippen molar-refractivity contribution in [2.75, 3.05) is 13.7 Å². The van der Waals surface area contributed by atoms with Crippen LogP contribution >= 0.6 is 0 Å². The van der Waals surface area contributed by atoms with Crippen LogP contribution < -0.4 is 5.32 Å². The van der Waals surface area contributed by atoms with Crippen molar-refractivity contribution in [3.8, 4) is 0 Å². The zero-order valence-electron chi connectivity index (χ0n) is 23.2. The van der Waals surface area contributed by atoms with Gasteiger partial charge in [-0.05, 0) is 56.9 Å². The molecule has 0 aromatic carbocycles. The van der Waals surface area contributed by atoms with Crippen LogP contribution in [-0.2, 0) is 38.1 Å². The van der Waals surface area contributed by atoms with Gasteiger partial charge in [-0.25, -0.2) is 4.79 Å². The molecule has 3 fully saturated rings. The molecule has 3 aliphatic rings. The summed E-state index contributed by atoms with van der Waals surface area (Å²) in [5.41, 5.74) is -1.79. The molecule has 39 heavy (non-hydrogen) atoms. The maximum Gasteiger partial charge on any atom is 0.408 e. The van der Waals surface area contributed by atoms with Gasteiger partial charge in [0, 0.05) is 17.9 Å². The number of hydrogen-bond acceptors (Lipinski definition) is 10. The van der Waals surface area contributed by atoms with Gasteiger partial charge in [0.1, 0.15) is 18.2 Å². The molecular weight excluding hydrogens is 510 g/mol. The Kier molecular flexibility index (Phi) is 7.57. The molecule has 4 rings (SSSR count). The smallest absolute Gasteiger partial charge is 0.408 e. The Morgan fingerprint density at radius 2 is 1.87 bits per heavy atom. The largest absolute Gasteiger partial charge is 0.472 e. The molecule has 0 radical (unpaired) electrons. The number of alkyl carbamates (subject to hydrolysis) is 1. The number of ether oxygens (including phenoxy) is 4. The molecule has 11 heteroatoms. The molecule has 1 aromatic rings. The van der Waals surface area contributed by atoms with Crippen LogP contribution in [0.5, 0.6) is 0 Å². The summed E-state index contributed by atoms with van der Waals surface area (Å²) in [7, 11) is 1.28. The molecule has 2 heterocycles. The van der Waals surface area contributed by atoms with Crippen molar-refractivity contribution in [1.29, 1.82) is 0 Å². The quantitative estimate of drug-likeness (QED) is 0.429. The van der Waals surface area contributed by atoms with E-state index in [-0.39, 0.29) is 12.2 Å². The molecule has 1 amide bonds. The van der Waals surface area contributed by atoms with Gasteiger partial charge >= 0.3 is 24.0 Å². The van der Waals surface area contributed by atoms with Crippen molar-refractivity contribution in [3.63, 3.8) is 0 Å². The summed E-state index contributed by atoms with van der Waals surface area (Å²) in [5, 5.41) is 2.32. The number of nitrogens with one attached hydrogen (secondary N) is 1. The Morgan fingerprint density at radius 3 is 2.49 bits per heavy atom. The number of carbonyl (C=O) groups is 5. The third-order valence-corrected chi connectivity index (χ3v) is 8.55. The number of fused-ring (bicyclic) bond motifs is 3. The summed E-state index contributed by atoms with van der Waals surface area (Å²) in [4.78, 5) is 65.0. The highest BCUT2D eigenvalue weighted by Gasteiger charge is 2.67. The van der Waals surface area contributed by atoms with E-state index in [0.29, 0.717) is 24.8 Å². The highest BCUT2D eigenvalue weighted by molar-refractivity contribution is 5.93. The van der Waals surface area contributed by atoms with E-state index in [0.717, 1.165) is 0 Å². The average molecular weight is 548 g/mol. The first-order chi connectivity index (χ1) is 18.2. The summed E-state index contributed by atoms with van der Waals surface area (Å²) in [6.07, 6.45) is 1.49. The molecule has 1 N–H and O–H groups in total. The van der Waals surface area contributed by atoms with Crippen LogP contribution in [0, 0.1) is 28.6 Å². The SMILES string of the molecule is COC(=O)[C@@H]1C[C@H](OC(=O)CNC(=O)OC(C)(C)C)C(=O)[C@H]2[C@@]1(C)CC[C@H]1C(=O)O[C@H](c3ccoc3)C[C@]21C. The normalized spacial score (nSPS) is 34.2. The van der Waals surface area contributed by atoms with Crippen molar-refractivity contribution in [3.05, 3.63) is 24.2 Å². The van der Waals surface area contributed by atoms with Crippen molar-refractivity contribution in [2.45, 2.75) is 78.1 Å². The van der Waals surface area contributed by atoms with Crippen molar-refractivity contribution in [1.82, 2.24) is 5.32 Å². The number of amides is 1. The Morgan fingerprint density at radius 1 is 1.15 bits per heavy atom. The third-order valence-electron chi connectivity index (χ3n) is 8.55. The van der Waals surface area contributed by atoms with Crippen molar-refractivity contribution < 1.29 is 47.3 Å². The molecule has 0 unspecified atom stereocenters. The Labute approximate surface area is 227 Å².